The Bertz CT molecular complexity index is 1630. The molecule has 0 saturated heterocycles. The highest BCUT2D eigenvalue weighted by atomic mass is 32.2. The summed E-state index contributed by atoms with van der Waals surface area (Å²) in [5, 5.41) is 6.77. The molecule has 10 nitrogen and oxygen atoms in total. The standard InChI is InChI=1S/C27H27N5O5S2/c1-16(2)39(35,36)21-10-6-9-20(13-21)25(34)28-14-24(33)32-27-31-23(15-38-27)19-8-5-7-18(12-19)22-11-17(3)29-26(30-22)37-4/h5-13,15-16H,14H2,1-4H3,(H,28,34)(H,31,32,33). The molecular weight excluding hydrogens is 538 g/mol. The van der Waals surface area contributed by atoms with Crippen molar-refractivity contribution in [1.29, 1.82) is 0 Å². The van der Waals surface area contributed by atoms with Gasteiger partial charge in [0, 0.05) is 27.8 Å². The van der Waals surface area contributed by atoms with Crippen LogP contribution in [0.2, 0.25) is 0 Å². The van der Waals surface area contributed by atoms with Gasteiger partial charge in [-0.2, -0.15) is 4.98 Å². The third-order valence-corrected chi connectivity index (χ3v) is 8.59. The predicted octanol–water partition coefficient (Wildman–Crippen LogP) is 4.13. The number of aromatic nitrogens is 3. The molecule has 12 heteroatoms. The van der Waals surface area contributed by atoms with Gasteiger partial charge in [-0.25, -0.2) is 18.4 Å². The highest BCUT2D eigenvalue weighted by molar-refractivity contribution is 7.92. The number of hydrogen-bond acceptors (Lipinski definition) is 9. The second kappa shape index (κ2) is 11.7. The van der Waals surface area contributed by atoms with Gasteiger partial charge in [-0.3, -0.25) is 9.59 Å². The van der Waals surface area contributed by atoms with Crippen LogP contribution in [0.4, 0.5) is 5.13 Å². The maximum atomic E-state index is 12.5. The molecule has 0 aliphatic rings. The first kappa shape index (κ1) is 27.9. The fraction of sp³-hybridized carbons (Fsp3) is 0.222. The zero-order chi connectivity index (χ0) is 28.2. The normalized spacial score (nSPS) is 11.3. The molecule has 2 aromatic heterocycles. The summed E-state index contributed by atoms with van der Waals surface area (Å²) in [6, 6.07) is 15.6. The number of hydrogen-bond donors (Lipinski definition) is 2. The van der Waals surface area contributed by atoms with Gasteiger partial charge in [-0.05, 0) is 51.1 Å². The number of thiazole rings is 1. The fourth-order valence-electron chi connectivity index (χ4n) is 3.59. The lowest BCUT2D eigenvalue weighted by Gasteiger charge is -2.10. The Morgan fingerprint density at radius 2 is 1.69 bits per heavy atom. The number of methoxy groups -OCH3 is 1. The number of nitrogens with one attached hydrogen (secondary N) is 2. The highest BCUT2D eigenvalue weighted by Gasteiger charge is 2.20. The monoisotopic (exact) mass is 565 g/mol. The number of carbonyl (C=O) groups is 2. The number of ether oxygens (including phenoxy) is 1. The van der Waals surface area contributed by atoms with Crippen LogP contribution >= 0.6 is 11.3 Å². The molecule has 4 rings (SSSR count). The average molecular weight is 566 g/mol. The van der Waals surface area contributed by atoms with Crippen molar-refractivity contribution in [2.45, 2.75) is 30.9 Å². The van der Waals surface area contributed by atoms with Crippen molar-refractivity contribution in [2.24, 2.45) is 0 Å². The van der Waals surface area contributed by atoms with E-state index in [0.29, 0.717) is 16.5 Å². The predicted molar refractivity (Wildman–Crippen MR) is 150 cm³/mol. The summed E-state index contributed by atoms with van der Waals surface area (Å²) in [5.74, 6) is -1.02. The number of aryl methyl sites for hydroxylation is 1. The largest absolute Gasteiger partial charge is 0.467 e. The summed E-state index contributed by atoms with van der Waals surface area (Å²) in [5.41, 5.74) is 4.01. The van der Waals surface area contributed by atoms with Crippen LogP contribution in [0.1, 0.15) is 29.9 Å². The van der Waals surface area contributed by atoms with E-state index in [1.54, 1.807) is 13.8 Å². The van der Waals surface area contributed by atoms with Crippen molar-refractivity contribution in [3.63, 3.8) is 0 Å². The van der Waals surface area contributed by atoms with Gasteiger partial charge in [0.2, 0.25) is 5.91 Å². The van der Waals surface area contributed by atoms with Gasteiger partial charge < -0.3 is 15.4 Å². The lowest BCUT2D eigenvalue weighted by atomic mass is 10.1. The molecule has 0 atom stereocenters. The van der Waals surface area contributed by atoms with Gasteiger partial charge >= 0.3 is 6.01 Å². The molecule has 0 unspecified atom stereocenters. The molecule has 2 heterocycles. The Morgan fingerprint density at radius 3 is 2.41 bits per heavy atom. The van der Waals surface area contributed by atoms with Crippen LogP contribution in [0.3, 0.4) is 0 Å². The van der Waals surface area contributed by atoms with Crippen LogP contribution in [0.15, 0.2) is 64.9 Å². The van der Waals surface area contributed by atoms with Gasteiger partial charge in [-0.15, -0.1) is 11.3 Å². The maximum absolute atomic E-state index is 12.5. The van der Waals surface area contributed by atoms with Crippen molar-refractivity contribution in [3.05, 3.63) is 71.2 Å². The lowest BCUT2D eigenvalue weighted by molar-refractivity contribution is -0.115. The number of nitrogens with zero attached hydrogens (tertiary/aromatic N) is 3. The van der Waals surface area contributed by atoms with E-state index in [1.807, 2.05) is 42.6 Å². The van der Waals surface area contributed by atoms with Gasteiger partial charge in [0.05, 0.1) is 35.2 Å². The SMILES string of the molecule is COc1nc(C)cc(-c2cccc(-c3csc(NC(=O)CNC(=O)c4cccc(S(=O)(=O)C(C)C)c4)n3)c2)n1. The first-order chi connectivity index (χ1) is 18.6. The molecular formula is C27H27N5O5S2. The highest BCUT2D eigenvalue weighted by Crippen LogP contribution is 2.29. The molecule has 0 aliphatic carbocycles. The molecule has 0 saturated carbocycles. The van der Waals surface area contributed by atoms with Gasteiger partial charge in [-0.1, -0.05) is 24.3 Å². The van der Waals surface area contributed by atoms with Crippen LogP contribution in [-0.2, 0) is 14.6 Å². The van der Waals surface area contributed by atoms with E-state index >= 15 is 0 Å². The fourth-order valence-corrected chi connectivity index (χ4v) is 5.43. The number of benzene rings is 2. The number of sulfone groups is 1. The van der Waals surface area contributed by atoms with Crippen LogP contribution in [-0.4, -0.2) is 54.1 Å². The van der Waals surface area contributed by atoms with E-state index in [2.05, 4.69) is 25.6 Å². The zero-order valence-corrected chi connectivity index (χ0v) is 23.4. The Balaban J connectivity index is 1.40. The quantitative estimate of drug-likeness (QED) is 0.309. The van der Waals surface area contributed by atoms with E-state index in [1.165, 1.54) is 42.7 Å². The van der Waals surface area contributed by atoms with Crippen molar-refractivity contribution in [3.8, 4) is 28.5 Å². The van der Waals surface area contributed by atoms with E-state index < -0.39 is 26.9 Å². The summed E-state index contributed by atoms with van der Waals surface area (Å²) in [6.07, 6.45) is 0. The first-order valence-electron chi connectivity index (χ1n) is 11.9. The van der Waals surface area contributed by atoms with E-state index in [4.69, 9.17) is 4.74 Å². The molecule has 0 bridgehead atoms. The average Bonchev–Trinajstić information content (AvgIpc) is 3.39. The number of carbonyl (C=O) groups excluding carboxylic acids is 2. The second-order valence-electron chi connectivity index (χ2n) is 8.85. The van der Waals surface area contributed by atoms with E-state index in [-0.39, 0.29) is 23.0 Å². The first-order valence-corrected chi connectivity index (χ1v) is 14.4. The minimum absolute atomic E-state index is 0.0583. The molecule has 2 amide bonds. The zero-order valence-electron chi connectivity index (χ0n) is 21.8. The summed E-state index contributed by atoms with van der Waals surface area (Å²) in [4.78, 5) is 38.2. The van der Waals surface area contributed by atoms with Crippen molar-refractivity contribution < 1.29 is 22.7 Å². The molecule has 4 aromatic rings. The summed E-state index contributed by atoms with van der Waals surface area (Å²) >= 11 is 1.25. The van der Waals surface area contributed by atoms with Crippen LogP contribution in [0, 0.1) is 6.92 Å². The van der Waals surface area contributed by atoms with Crippen molar-refractivity contribution >= 4 is 38.1 Å². The Morgan fingerprint density at radius 1 is 0.974 bits per heavy atom. The molecule has 2 aromatic carbocycles. The van der Waals surface area contributed by atoms with Crippen LogP contribution < -0.4 is 15.4 Å². The molecule has 2 N–H and O–H groups in total. The summed E-state index contributed by atoms with van der Waals surface area (Å²) < 4.78 is 30.0. The smallest absolute Gasteiger partial charge is 0.316 e. The Hall–Kier alpha value is -4.16. The molecule has 202 valence electrons. The Kier molecular flexibility index (Phi) is 8.36. The summed E-state index contributed by atoms with van der Waals surface area (Å²) in [7, 11) is -2.01. The Labute approximate surface area is 230 Å². The topological polar surface area (TPSA) is 140 Å². The molecule has 0 radical (unpaired) electrons. The minimum Gasteiger partial charge on any atom is -0.467 e. The lowest BCUT2D eigenvalue weighted by Crippen LogP contribution is -2.33. The number of rotatable bonds is 9. The van der Waals surface area contributed by atoms with Crippen molar-refractivity contribution in [1.82, 2.24) is 20.3 Å². The maximum Gasteiger partial charge on any atom is 0.316 e. The van der Waals surface area contributed by atoms with E-state index in [0.717, 1.165) is 16.8 Å². The van der Waals surface area contributed by atoms with Crippen molar-refractivity contribution in [2.75, 3.05) is 19.0 Å². The third-order valence-electron chi connectivity index (χ3n) is 5.68. The number of amides is 2. The van der Waals surface area contributed by atoms with E-state index in [9.17, 15) is 18.0 Å². The van der Waals surface area contributed by atoms with Gasteiger partial charge in [0.25, 0.3) is 5.91 Å². The molecule has 39 heavy (non-hydrogen) atoms. The van der Waals surface area contributed by atoms with Gasteiger partial charge in [0.15, 0.2) is 15.0 Å². The van der Waals surface area contributed by atoms with Crippen LogP contribution in [0.5, 0.6) is 6.01 Å². The molecule has 0 spiro atoms. The minimum atomic E-state index is -3.53. The summed E-state index contributed by atoms with van der Waals surface area (Å²) in [6.45, 7) is 4.70. The van der Waals surface area contributed by atoms with Gasteiger partial charge in [0.1, 0.15) is 0 Å². The number of anilines is 1. The molecule has 0 aliphatic heterocycles. The molecule has 0 fully saturated rings. The van der Waals surface area contributed by atoms with Crippen LogP contribution in [0.25, 0.3) is 22.5 Å². The second-order valence-corrected chi connectivity index (χ2v) is 12.2. The third kappa shape index (κ3) is 6.65.